The molecule has 0 spiro atoms. The minimum absolute atomic E-state index is 0. The van der Waals surface area contributed by atoms with Crippen LogP contribution >= 0.6 is 24.0 Å². The van der Waals surface area contributed by atoms with Gasteiger partial charge < -0.3 is 15.2 Å². The molecule has 1 aliphatic heterocycles. The van der Waals surface area contributed by atoms with Crippen molar-refractivity contribution in [2.75, 3.05) is 18.6 Å². The van der Waals surface area contributed by atoms with E-state index in [4.69, 9.17) is 0 Å². The summed E-state index contributed by atoms with van der Waals surface area (Å²) in [6, 6.07) is 8.24. The van der Waals surface area contributed by atoms with Gasteiger partial charge >= 0.3 is 0 Å². The van der Waals surface area contributed by atoms with Crippen molar-refractivity contribution in [3.05, 3.63) is 54.1 Å². The topological polar surface area (TPSA) is 88.4 Å². The van der Waals surface area contributed by atoms with Crippen LogP contribution in [0, 0.1) is 0 Å². The van der Waals surface area contributed by atoms with E-state index >= 15 is 0 Å². The zero-order chi connectivity index (χ0) is 17.7. The number of rotatable bonds is 5. The van der Waals surface area contributed by atoms with Crippen LogP contribution < -0.4 is 10.6 Å². The summed E-state index contributed by atoms with van der Waals surface area (Å²) < 4.78 is 25.1. The molecule has 1 unspecified atom stereocenters. The van der Waals surface area contributed by atoms with Gasteiger partial charge in [-0.05, 0) is 17.5 Å². The smallest absolute Gasteiger partial charge is 0.191 e. The molecule has 26 heavy (non-hydrogen) atoms. The molecule has 9 heteroatoms. The Balaban J connectivity index is 0.00000243. The standard InChI is InChI=1S/C17H23N5O2S.HI/c1-18-17(21-16-5-8-25(23,24)12-16)20-10-14-3-2-4-15(9-14)11-22-7-6-19-13-22;/h2-4,6-7,9,13,16H,5,8,10-12H2,1H3,(H2,18,20,21);1H. The fraction of sp³-hybridized carbons (Fsp3) is 0.412. The van der Waals surface area contributed by atoms with Crippen LogP contribution in [0.25, 0.3) is 0 Å². The molecule has 7 nitrogen and oxygen atoms in total. The van der Waals surface area contributed by atoms with Gasteiger partial charge in [0.2, 0.25) is 0 Å². The zero-order valence-corrected chi connectivity index (χ0v) is 17.8. The molecule has 1 aromatic carbocycles. The first-order chi connectivity index (χ1) is 12.0. The summed E-state index contributed by atoms with van der Waals surface area (Å²) in [5.41, 5.74) is 2.33. The summed E-state index contributed by atoms with van der Waals surface area (Å²) in [5.74, 6) is 1.05. The van der Waals surface area contributed by atoms with Gasteiger partial charge in [0.25, 0.3) is 0 Å². The average molecular weight is 489 g/mol. The van der Waals surface area contributed by atoms with Crippen molar-refractivity contribution in [3.8, 4) is 0 Å². The van der Waals surface area contributed by atoms with Crippen molar-refractivity contribution < 1.29 is 8.42 Å². The number of nitrogens with zero attached hydrogens (tertiary/aromatic N) is 3. The molecule has 0 aliphatic carbocycles. The van der Waals surface area contributed by atoms with Crippen LogP contribution in [0.15, 0.2) is 48.0 Å². The van der Waals surface area contributed by atoms with E-state index in [0.717, 1.165) is 12.1 Å². The maximum Gasteiger partial charge on any atom is 0.191 e. The van der Waals surface area contributed by atoms with Crippen molar-refractivity contribution in [2.24, 2.45) is 4.99 Å². The van der Waals surface area contributed by atoms with Crippen molar-refractivity contribution >= 4 is 39.8 Å². The van der Waals surface area contributed by atoms with Crippen molar-refractivity contribution in [1.29, 1.82) is 0 Å². The lowest BCUT2D eigenvalue weighted by atomic mass is 10.1. The quantitative estimate of drug-likeness (QED) is 0.377. The molecule has 0 amide bonds. The minimum Gasteiger partial charge on any atom is -0.353 e. The van der Waals surface area contributed by atoms with E-state index in [0.29, 0.717) is 18.9 Å². The molecule has 1 aliphatic rings. The first-order valence-electron chi connectivity index (χ1n) is 8.25. The molecule has 2 heterocycles. The van der Waals surface area contributed by atoms with Crippen LogP contribution in [-0.2, 0) is 22.9 Å². The highest BCUT2D eigenvalue weighted by molar-refractivity contribution is 14.0. The molecule has 0 saturated carbocycles. The molecule has 0 bridgehead atoms. The van der Waals surface area contributed by atoms with Gasteiger partial charge in [-0.15, -0.1) is 24.0 Å². The highest BCUT2D eigenvalue weighted by Gasteiger charge is 2.28. The van der Waals surface area contributed by atoms with Gasteiger partial charge in [-0.3, -0.25) is 4.99 Å². The van der Waals surface area contributed by atoms with Gasteiger partial charge in [-0.2, -0.15) is 0 Å². The molecule has 142 valence electrons. The van der Waals surface area contributed by atoms with Gasteiger partial charge in [0.1, 0.15) is 0 Å². The molecule has 1 saturated heterocycles. The lowest BCUT2D eigenvalue weighted by Crippen LogP contribution is -2.43. The Bertz CT molecular complexity index is 837. The Morgan fingerprint density at radius 3 is 2.85 bits per heavy atom. The summed E-state index contributed by atoms with van der Waals surface area (Å²) in [4.78, 5) is 8.24. The number of nitrogens with one attached hydrogen (secondary N) is 2. The van der Waals surface area contributed by atoms with E-state index in [-0.39, 0.29) is 41.5 Å². The summed E-state index contributed by atoms with van der Waals surface area (Å²) in [6.07, 6.45) is 6.13. The molecular formula is C17H24IN5O2S. The highest BCUT2D eigenvalue weighted by Crippen LogP contribution is 2.11. The first kappa shape index (κ1) is 20.7. The van der Waals surface area contributed by atoms with E-state index in [1.165, 1.54) is 5.56 Å². The molecular weight excluding hydrogens is 465 g/mol. The monoisotopic (exact) mass is 489 g/mol. The van der Waals surface area contributed by atoms with Crippen molar-refractivity contribution in [3.63, 3.8) is 0 Å². The number of guanidine groups is 1. The SMILES string of the molecule is CN=C(NCc1cccc(Cn2ccnc2)c1)NC1CCS(=O)(=O)C1.I. The Morgan fingerprint density at radius 1 is 1.38 bits per heavy atom. The second kappa shape index (κ2) is 9.36. The largest absolute Gasteiger partial charge is 0.353 e. The second-order valence-electron chi connectivity index (χ2n) is 6.23. The van der Waals surface area contributed by atoms with Crippen LogP contribution in [0.2, 0.25) is 0 Å². The fourth-order valence-corrected chi connectivity index (χ4v) is 4.59. The van der Waals surface area contributed by atoms with E-state index < -0.39 is 9.84 Å². The van der Waals surface area contributed by atoms with Gasteiger partial charge in [0.05, 0.1) is 17.8 Å². The van der Waals surface area contributed by atoms with Gasteiger partial charge in [0.15, 0.2) is 15.8 Å². The van der Waals surface area contributed by atoms with Crippen molar-refractivity contribution in [1.82, 2.24) is 20.2 Å². The van der Waals surface area contributed by atoms with Crippen molar-refractivity contribution in [2.45, 2.75) is 25.6 Å². The van der Waals surface area contributed by atoms with Crippen LogP contribution in [0.3, 0.4) is 0 Å². The first-order valence-corrected chi connectivity index (χ1v) is 10.1. The molecule has 0 radical (unpaired) electrons. The molecule has 1 fully saturated rings. The molecule has 2 N–H and O–H groups in total. The number of imidazole rings is 1. The molecule has 1 atom stereocenters. The fourth-order valence-electron chi connectivity index (χ4n) is 2.91. The zero-order valence-electron chi connectivity index (χ0n) is 14.6. The van der Waals surface area contributed by atoms with E-state index in [1.54, 1.807) is 19.6 Å². The molecule has 3 rings (SSSR count). The molecule has 1 aromatic heterocycles. The Labute approximate surface area is 171 Å². The van der Waals surface area contributed by atoms with Crippen LogP contribution in [-0.4, -0.2) is 48.5 Å². The second-order valence-corrected chi connectivity index (χ2v) is 8.45. The van der Waals surface area contributed by atoms with E-state index in [1.807, 2.05) is 16.8 Å². The predicted octanol–water partition coefficient (Wildman–Crippen LogP) is 1.40. The number of aromatic nitrogens is 2. The normalized spacial score (nSPS) is 19.0. The van der Waals surface area contributed by atoms with Gasteiger partial charge in [-0.25, -0.2) is 13.4 Å². The third-order valence-electron chi connectivity index (χ3n) is 4.17. The summed E-state index contributed by atoms with van der Waals surface area (Å²) in [5, 5.41) is 6.44. The number of hydrogen-bond acceptors (Lipinski definition) is 4. The van der Waals surface area contributed by atoms with E-state index in [9.17, 15) is 8.42 Å². The maximum absolute atomic E-state index is 11.6. The number of halogens is 1. The predicted molar refractivity (Wildman–Crippen MR) is 114 cm³/mol. The summed E-state index contributed by atoms with van der Waals surface area (Å²) in [7, 11) is -1.21. The Morgan fingerprint density at radius 2 is 2.19 bits per heavy atom. The third-order valence-corrected chi connectivity index (χ3v) is 5.94. The summed E-state index contributed by atoms with van der Waals surface area (Å²) in [6.45, 7) is 1.40. The number of hydrogen-bond donors (Lipinski definition) is 2. The van der Waals surface area contributed by atoms with E-state index in [2.05, 4.69) is 38.8 Å². The summed E-state index contributed by atoms with van der Waals surface area (Å²) >= 11 is 0. The van der Waals surface area contributed by atoms with Gasteiger partial charge in [-0.1, -0.05) is 24.3 Å². The van der Waals surface area contributed by atoms with Gasteiger partial charge in [0, 0.05) is 38.6 Å². The number of aliphatic imine (C=N–C) groups is 1. The minimum atomic E-state index is -2.90. The molecule has 2 aromatic rings. The highest BCUT2D eigenvalue weighted by atomic mass is 127. The number of sulfone groups is 1. The third kappa shape index (κ3) is 5.97. The van der Waals surface area contributed by atoms with Crippen LogP contribution in [0.4, 0.5) is 0 Å². The lowest BCUT2D eigenvalue weighted by molar-refractivity contribution is 0.599. The Kier molecular flexibility index (Phi) is 7.44. The maximum atomic E-state index is 11.6. The number of benzene rings is 1. The average Bonchev–Trinajstić information content (AvgIpc) is 3.21. The Hall–Kier alpha value is -1.62. The van der Waals surface area contributed by atoms with Crippen LogP contribution in [0.5, 0.6) is 0 Å². The lowest BCUT2D eigenvalue weighted by Gasteiger charge is -2.16. The van der Waals surface area contributed by atoms with Crippen LogP contribution in [0.1, 0.15) is 17.5 Å².